The lowest BCUT2D eigenvalue weighted by atomic mass is 10.2. The molecule has 0 bridgehead atoms. The van der Waals surface area contributed by atoms with Gasteiger partial charge in [0.25, 0.3) is 5.91 Å². The van der Waals surface area contributed by atoms with Crippen molar-refractivity contribution >= 4 is 21.8 Å². The summed E-state index contributed by atoms with van der Waals surface area (Å²) in [5, 5.41) is 2.84. The van der Waals surface area contributed by atoms with Crippen LogP contribution in [0, 0.1) is 0 Å². The van der Waals surface area contributed by atoms with Crippen molar-refractivity contribution in [2.24, 2.45) is 0 Å². The normalized spacial score (nSPS) is 10.3. The number of amides is 1. The average molecular weight is 309 g/mol. The second-order valence-corrected chi connectivity index (χ2v) is 4.58. The zero-order valence-electron chi connectivity index (χ0n) is 9.69. The van der Waals surface area contributed by atoms with Gasteiger partial charge in [-0.05, 0) is 34.5 Å². The minimum absolute atomic E-state index is 0.102. The highest BCUT2D eigenvalue weighted by atomic mass is 79.9. The summed E-state index contributed by atoms with van der Waals surface area (Å²) >= 11 is 3.23. The molecule has 0 unspecified atom stereocenters. The summed E-state index contributed by atoms with van der Waals surface area (Å²) in [7, 11) is 0. The summed E-state index contributed by atoms with van der Waals surface area (Å²) in [6, 6.07) is 3.48. The van der Waals surface area contributed by atoms with Crippen LogP contribution in [0.5, 0.6) is 0 Å². The van der Waals surface area contributed by atoms with Crippen molar-refractivity contribution in [3.63, 3.8) is 0 Å². The summed E-state index contributed by atoms with van der Waals surface area (Å²) in [5.74, 6) is 0.837. The molecule has 0 spiro atoms. The number of halogens is 1. The molecule has 2 aromatic rings. The van der Waals surface area contributed by atoms with E-state index in [9.17, 15) is 4.79 Å². The monoisotopic (exact) mass is 308 g/mol. The van der Waals surface area contributed by atoms with Gasteiger partial charge in [-0.2, -0.15) is 0 Å². The highest BCUT2D eigenvalue weighted by molar-refractivity contribution is 9.10. The number of imidazole rings is 1. The number of pyridine rings is 1. The minimum atomic E-state index is -0.102. The van der Waals surface area contributed by atoms with Gasteiger partial charge < -0.3 is 10.3 Å². The topological polar surface area (TPSA) is 70.7 Å². The first-order valence-electron chi connectivity index (χ1n) is 5.64. The number of hydrogen-bond acceptors (Lipinski definition) is 3. The van der Waals surface area contributed by atoms with Gasteiger partial charge in [-0.25, -0.2) is 9.97 Å². The second kappa shape index (κ2) is 6.30. The van der Waals surface area contributed by atoms with E-state index in [-0.39, 0.29) is 5.91 Å². The molecule has 2 heterocycles. The fourth-order valence-electron chi connectivity index (χ4n) is 1.50. The molecule has 5 nitrogen and oxygen atoms in total. The Kier molecular flexibility index (Phi) is 4.46. The molecule has 0 aliphatic carbocycles. The number of carbonyl (C=O) groups excluding carboxylic acids is 1. The maximum atomic E-state index is 11.7. The molecule has 94 valence electrons. The van der Waals surface area contributed by atoms with Crippen molar-refractivity contribution < 1.29 is 4.79 Å². The Balaban J connectivity index is 1.73. The van der Waals surface area contributed by atoms with Gasteiger partial charge in [0.1, 0.15) is 10.4 Å². The first-order chi connectivity index (χ1) is 8.75. The number of nitrogens with zero attached hydrogens (tertiary/aromatic N) is 2. The predicted octanol–water partition coefficient (Wildman–Crippen LogP) is 1.93. The number of H-pyrrole nitrogens is 1. The summed E-state index contributed by atoms with van der Waals surface area (Å²) in [6.45, 7) is 0.621. The summed E-state index contributed by atoms with van der Waals surface area (Å²) in [4.78, 5) is 22.9. The van der Waals surface area contributed by atoms with Crippen LogP contribution >= 0.6 is 15.9 Å². The number of carbonyl (C=O) groups is 1. The van der Waals surface area contributed by atoms with Gasteiger partial charge in [0.05, 0.1) is 5.56 Å². The molecule has 0 aliphatic heterocycles. The van der Waals surface area contributed by atoms with Crippen molar-refractivity contribution in [2.75, 3.05) is 6.54 Å². The van der Waals surface area contributed by atoms with Crippen molar-refractivity contribution in [1.29, 1.82) is 0 Å². The highest BCUT2D eigenvalue weighted by Crippen LogP contribution is 2.06. The number of nitrogens with one attached hydrogen (secondary N) is 2. The molecular formula is C12H13BrN4O. The number of aromatic amines is 1. The van der Waals surface area contributed by atoms with Crippen LogP contribution in [0.1, 0.15) is 22.6 Å². The molecule has 2 rings (SSSR count). The van der Waals surface area contributed by atoms with Crippen molar-refractivity contribution in [1.82, 2.24) is 20.3 Å². The van der Waals surface area contributed by atoms with E-state index in [1.165, 1.54) is 0 Å². The van der Waals surface area contributed by atoms with E-state index in [1.54, 1.807) is 30.7 Å². The van der Waals surface area contributed by atoms with Crippen LogP contribution in [-0.4, -0.2) is 27.4 Å². The molecular weight excluding hydrogens is 296 g/mol. The van der Waals surface area contributed by atoms with Crippen LogP contribution in [0.15, 0.2) is 35.3 Å². The van der Waals surface area contributed by atoms with Gasteiger partial charge in [0, 0.05) is 31.6 Å². The standard InChI is InChI=1S/C12H13BrN4O/c13-10-4-3-9(8-17-10)12(18)16-5-1-2-11-14-6-7-15-11/h3-4,6-8H,1-2,5H2,(H,14,15)(H,16,18). The van der Waals surface area contributed by atoms with Gasteiger partial charge >= 0.3 is 0 Å². The summed E-state index contributed by atoms with van der Waals surface area (Å²) in [5.41, 5.74) is 0.566. The van der Waals surface area contributed by atoms with E-state index in [2.05, 4.69) is 36.2 Å². The molecule has 6 heteroatoms. The van der Waals surface area contributed by atoms with Crippen LogP contribution in [0.3, 0.4) is 0 Å². The maximum Gasteiger partial charge on any atom is 0.252 e. The molecule has 0 aromatic carbocycles. The number of hydrogen-bond donors (Lipinski definition) is 2. The Bertz CT molecular complexity index is 495. The summed E-state index contributed by atoms with van der Waals surface area (Å²) in [6.07, 6.45) is 6.74. The van der Waals surface area contributed by atoms with Crippen LogP contribution < -0.4 is 5.32 Å². The quantitative estimate of drug-likeness (QED) is 0.655. The number of rotatable bonds is 5. The third kappa shape index (κ3) is 3.66. The fourth-order valence-corrected chi connectivity index (χ4v) is 1.74. The minimum Gasteiger partial charge on any atom is -0.352 e. The van der Waals surface area contributed by atoms with Crippen molar-refractivity contribution in [3.05, 3.63) is 46.7 Å². The van der Waals surface area contributed by atoms with Crippen molar-refractivity contribution in [3.8, 4) is 0 Å². The van der Waals surface area contributed by atoms with E-state index in [4.69, 9.17) is 0 Å². The maximum absolute atomic E-state index is 11.7. The van der Waals surface area contributed by atoms with Crippen LogP contribution in [-0.2, 0) is 6.42 Å². The van der Waals surface area contributed by atoms with E-state index >= 15 is 0 Å². The van der Waals surface area contributed by atoms with Gasteiger partial charge in [-0.15, -0.1) is 0 Å². The Hall–Kier alpha value is -1.69. The summed E-state index contributed by atoms with van der Waals surface area (Å²) < 4.78 is 0.719. The molecule has 0 saturated heterocycles. The third-order valence-corrected chi connectivity index (χ3v) is 2.89. The Labute approximate surface area is 113 Å². The van der Waals surface area contributed by atoms with E-state index in [0.717, 1.165) is 23.3 Å². The lowest BCUT2D eigenvalue weighted by Gasteiger charge is -2.04. The van der Waals surface area contributed by atoms with Crippen molar-refractivity contribution in [2.45, 2.75) is 12.8 Å². The third-order valence-electron chi connectivity index (χ3n) is 2.42. The molecule has 0 radical (unpaired) electrons. The van der Waals surface area contributed by atoms with E-state index < -0.39 is 0 Å². The molecule has 18 heavy (non-hydrogen) atoms. The van der Waals surface area contributed by atoms with Crippen LogP contribution in [0.4, 0.5) is 0 Å². The molecule has 0 fully saturated rings. The zero-order valence-corrected chi connectivity index (χ0v) is 11.3. The van der Waals surface area contributed by atoms with Gasteiger partial charge in [-0.3, -0.25) is 4.79 Å². The number of aromatic nitrogens is 3. The smallest absolute Gasteiger partial charge is 0.252 e. The lowest BCUT2D eigenvalue weighted by Crippen LogP contribution is -2.24. The predicted molar refractivity (Wildman–Crippen MR) is 71.2 cm³/mol. The lowest BCUT2D eigenvalue weighted by molar-refractivity contribution is 0.0953. The second-order valence-electron chi connectivity index (χ2n) is 3.76. The zero-order chi connectivity index (χ0) is 12.8. The van der Waals surface area contributed by atoms with Gasteiger partial charge in [0.15, 0.2) is 0 Å². The van der Waals surface area contributed by atoms with E-state index in [1.807, 2.05) is 0 Å². The Morgan fingerprint density at radius 2 is 2.28 bits per heavy atom. The first kappa shape index (κ1) is 12.8. The largest absolute Gasteiger partial charge is 0.352 e. The highest BCUT2D eigenvalue weighted by Gasteiger charge is 2.04. The van der Waals surface area contributed by atoms with Gasteiger partial charge in [0.2, 0.25) is 0 Å². The van der Waals surface area contributed by atoms with Gasteiger partial charge in [-0.1, -0.05) is 0 Å². The Morgan fingerprint density at radius 3 is 2.94 bits per heavy atom. The molecule has 2 N–H and O–H groups in total. The van der Waals surface area contributed by atoms with Crippen LogP contribution in [0.25, 0.3) is 0 Å². The average Bonchev–Trinajstić information content (AvgIpc) is 2.88. The molecule has 0 saturated carbocycles. The van der Waals surface area contributed by atoms with E-state index in [0.29, 0.717) is 12.1 Å². The number of aryl methyl sites for hydroxylation is 1. The SMILES string of the molecule is O=C(NCCCc1ncc[nH]1)c1ccc(Br)nc1. The molecule has 0 atom stereocenters. The first-order valence-corrected chi connectivity index (χ1v) is 6.43. The van der Waals surface area contributed by atoms with Crippen LogP contribution in [0.2, 0.25) is 0 Å². The fraction of sp³-hybridized carbons (Fsp3) is 0.250. The Morgan fingerprint density at radius 1 is 1.39 bits per heavy atom. The molecule has 0 aliphatic rings. The molecule has 2 aromatic heterocycles. The molecule has 1 amide bonds.